The monoisotopic (exact) mass is 317 g/mol. The van der Waals surface area contributed by atoms with E-state index in [0.717, 1.165) is 12.0 Å². The summed E-state index contributed by atoms with van der Waals surface area (Å²) >= 11 is 0. The number of ether oxygens (including phenoxy) is 1. The van der Waals surface area contributed by atoms with Crippen molar-refractivity contribution in [3.8, 4) is 5.75 Å². The summed E-state index contributed by atoms with van der Waals surface area (Å²) in [5.74, 6) is 0.0215. The van der Waals surface area contributed by atoms with Crippen molar-refractivity contribution in [3.63, 3.8) is 0 Å². The lowest BCUT2D eigenvalue weighted by Crippen LogP contribution is -2.29. The topological polar surface area (TPSA) is 66.8 Å². The molecule has 1 aromatic carbocycles. The molecule has 1 aromatic rings. The molecule has 5 heteroatoms. The first-order valence-corrected chi connectivity index (χ1v) is 8.19. The molecule has 3 rings (SSSR count). The van der Waals surface area contributed by atoms with Crippen LogP contribution in [0.5, 0.6) is 5.75 Å². The number of aliphatic carboxylic acids is 1. The molecule has 2 aliphatic rings. The molecular formula is C18H23NO4. The van der Waals surface area contributed by atoms with Gasteiger partial charge in [0.15, 0.2) is 6.61 Å². The van der Waals surface area contributed by atoms with Crippen LogP contribution in [0.25, 0.3) is 0 Å². The highest BCUT2D eigenvalue weighted by Crippen LogP contribution is 2.63. The Morgan fingerprint density at radius 2 is 1.91 bits per heavy atom. The number of hydrogen-bond donors (Lipinski definition) is 1. The number of carbonyl (C=O) groups is 2. The minimum absolute atomic E-state index is 0.230. The maximum Gasteiger partial charge on any atom is 0.341 e. The molecule has 124 valence electrons. The molecule has 0 heterocycles. The number of carboxylic acids is 1. The lowest BCUT2D eigenvalue weighted by atomic mass is 10.0. The number of carbonyl (C=O) groups excluding carboxylic acids is 1. The molecule has 1 spiro atoms. The first-order valence-electron chi connectivity index (χ1n) is 8.19. The van der Waals surface area contributed by atoms with Gasteiger partial charge in [0.25, 0.3) is 0 Å². The summed E-state index contributed by atoms with van der Waals surface area (Å²) in [6.07, 6.45) is 6.04. The Hall–Kier alpha value is -2.04. The van der Waals surface area contributed by atoms with Crippen molar-refractivity contribution >= 4 is 11.9 Å². The zero-order valence-electron chi connectivity index (χ0n) is 13.5. The van der Waals surface area contributed by atoms with E-state index in [1.807, 2.05) is 24.1 Å². The Balaban J connectivity index is 1.52. The van der Waals surface area contributed by atoms with Gasteiger partial charge < -0.3 is 14.7 Å². The van der Waals surface area contributed by atoms with Crippen LogP contribution in [0.1, 0.15) is 37.7 Å². The van der Waals surface area contributed by atoms with Crippen LogP contribution < -0.4 is 4.74 Å². The van der Waals surface area contributed by atoms with Gasteiger partial charge in [0.1, 0.15) is 5.75 Å². The molecule has 1 amide bonds. The highest BCUT2D eigenvalue weighted by molar-refractivity contribution is 5.82. The van der Waals surface area contributed by atoms with E-state index in [4.69, 9.17) is 9.84 Å². The number of rotatable bonds is 6. The van der Waals surface area contributed by atoms with Gasteiger partial charge in [-0.3, -0.25) is 4.79 Å². The number of benzene rings is 1. The second-order valence-electron chi connectivity index (χ2n) is 6.85. The molecule has 1 atom stereocenters. The predicted molar refractivity (Wildman–Crippen MR) is 85.1 cm³/mol. The van der Waals surface area contributed by atoms with Crippen LogP contribution in [-0.4, -0.2) is 35.5 Å². The average Bonchev–Trinajstić information content (AvgIpc) is 3.02. The van der Waals surface area contributed by atoms with Crippen LogP contribution in [-0.2, 0) is 16.1 Å². The predicted octanol–water partition coefficient (Wildman–Crippen LogP) is 2.69. The van der Waals surface area contributed by atoms with Gasteiger partial charge in [-0.05, 0) is 42.4 Å². The SMILES string of the molecule is CN(Cc1ccc(OCC(=O)O)cc1)C(=O)C1CC12CCCC2. The molecular weight excluding hydrogens is 294 g/mol. The highest BCUT2D eigenvalue weighted by Gasteiger charge is 2.59. The van der Waals surface area contributed by atoms with Crippen LogP contribution in [0.15, 0.2) is 24.3 Å². The van der Waals surface area contributed by atoms with Gasteiger partial charge in [-0.15, -0.1) is 0 Å². The third-order valence-corrected chi connectivity index (χ3v) is 5.17. The second kappa shape index (κ2) is 6.22. The number of nitrogens with zero attached hydrogens (tertiary/aromatic N) is 1. The van der Waals surface area contributed by atoms with E-state index in [0.29, 0.717) is 17.7 Å². The van der Waals surface area contributed by atoms with E-state index < -0.39 is 5.97 Å². The number of hydrogen-bond acceptors (Lipinski definition) is 3. The van der Waals surface area contributed by atoms with E-state index in [-0.39, 0.29) is 18.4 Å². The van der Waals surface area contributed by atoms with E-state index in [9.17, 15) is 9.59 Å². The van der Waals surface area contributed by atoms with E-state index in [1.54, 1.807) is 12.1 Å². The van der Waals surface area contributed by atoms with Gasteiger partial charge in [-0.2, -0.15) is 0 Å². The summed E-state index contributed by atoms with van der Waals surface area (Å²) in [7, 11) is 1.86. The van der Waals surface area contributed by atoms with Crippen LogP contribution in [0.3, 0.4) is 0 Å². The average molecular weight is 317 g/mol. The maximum absolute atomic E-state index is 12.6. The quantitative estimate of drug-likeness (QED) is 0.876. The molecule has 2 saturated carbocycles. The zero-order valence-corrected chi connectivity index (χ0v) is 13.5. The molecule has 1 N–H and O–H groups in total. The Labute approximate surface area is 136 Å². The molecule has 5 nitrogen and oxygen atoms in total. The van der Waals surface area contributed by atoms with Gasteiger partial charge in [0.05, 0.1) is 0 Å². The summed E-state index contributed by atoms with van der Waals surface area (Å²) < 4.78 is 5.11. The van der Waals surface area contributed by atoms with Gasteiger partial charge in [-0.25, -0.2) is 4.79 Å². The lowest BCUT2D eigenvalue weighted by molar-refractivity contribution is -0.139. The fourth-order valence-electron chi connectivity index (χ4n) is 3.78. The van der Waals surface area contributed by atoms with Crippen molar-refractivity contribution < 1.29 is 19.4 Å². The smallest absolute Gasteiger partial charge is 0.341 e. The van der Waals surface area contributed by atoms with Crippen molar-refractivity contribution in [3.05, 3.63) is 29.8 Å². The normalized spacial score (nSPS) is 21.2. The largest absolute Gasteiger partial charge is 0.482 e. The lowest BCUT2D eigenvalue weighted by Gasteiger charge is -2.19. The first kappa shape index (κ1) is 15.8. The van der Waals surface area contributed by atoms with Crippen LogP contribution in [0.4, 0.5) is 0 Å². The number of carboxylic acid groups (broad SMARTS) is 1. The van der Waals surface area contributed by atoms with Gasteiger partial charge in [0, 0.05) is 19.5 Å². The summed E-state index contributed by atoms with van der Waals surface area (Å²) in [6, 6.07) is 7.23. The van der Waals surface area contributed by atoms with Gasteiger partial charge >= 0.3 is 5.97 Å². The molecule has 0 saturated heterocycles. The molecule has 1 unspecified atom stereocenters. The molecule has 0 aliphatic heterocycles. The Morgan fingerprint density at radius 1 is 1.26 bits per heavy atom. The minimum Gasteiger partial charge on any atom is -0.482 e. The summed E-state index contributed by atoms with van der Waals surface area (Å²) in [5, 5.41) is 8.59. The minimum atomic E-state index is -0.996. The third kappa shape index (κ3) is 3.49. The highest BCUT2D eigenvalue weighted by atomic mass is 16.5. The van der Waals surface area contributed by atoms with Crippen LogP contribution in [0.2, 0.25) is 0 Å². The van der Waals surface area contributed by atoms with Crippen LogP contribution in [0, 0.1) is 11.3 Å². The maximum atomic E-state index is 12.6. The summed E-state index contributed by atoms with van der Waals surface area (Å²) in [5.41, 5.74) is 1.35. The molecule has 23 heavy (non-hydrogen) atoms. The standard InChI is InChI=1S/C18H23NO4/c1-19(17(22)15-10-18(15)8-2-3-9-18)11-13-4-6-14(7-5-13)23-12-16(20)21/h4-7,15H,2-3,8-12H2,1H3,(H,20,21). The molecule has 0 radical (unpaired) electrons. The zero-order chi connectivity index (χ0) is 16.4. The fraction of sp³-hybridized carbons (Fsp3) is 0.556. The number of amides is 1. The fourth-order valence-corrected chi connectivity index (χ4v) is 3.78. The summed E-state index contributed by atoms with van der Waals surface area (Å²) in [4.78, 5) is 24.8. The van der Waals surface area contributed by atoms with Gasteiger partial charge in [0.2, 0.25) is 5.91 Å². The van der Waals surface area contributed by atoms with Crippen molar-refractivity contribution in [1.29, 1.82) is 0 Å². The van der Waals surface area contributed by atoms with E-state index >= 15 is 0 Å². The van der Waals surface area contributed by atoms with Crippen molar-refractivity contribution in [2.75, 3.05) is 13.7 Å². The first-order chi connectivity index (χ1) is 11.0. The van der Waals surface area contributed by atoms with Crippen molar-refractivity contribution in [2.24, 2.45) is 11.3 Å². The van der Waals surface area contributed by atoms with E-state index in [1.165, 1.54) is 25.7 Å². The molecule has 0 aromatic heterocycles. The Bertz CT molecular complexity index is 590. The van der Waals surface area contributed by atoms with E-state index in [2.05, 4.69) is 0 Å². The summed E-state index contributed by atoms with van der Waals surface area (Å²) in [6.45, 7) is 0.228. The Morgan fingerprint density at radius 3 is 2.52 bits per heavy atom. The van der Waals surface area contributed by atoms with Crippen molar-refractivity contribution in [1.82, 2.24) is 4.90 Å². The molecule has 0 bridgehead atoms. The molecule has 2 aliphatic carbocycles. The second-order valence-corrected chi connectivity index (χ2v) is 6.85. The van der Waals surface area contributed by atoms with Crippen molar-refractivity contribution in [2.45, 2.75) is 38.6 Å². The third-order valence-electron chi connectivity index (χ3n) is 5.17. The Kier molecular flexibility index (Phi) is 4.28. The molecule has 2 fully saturated rings. The van der Waals surface area contributed by atoms with Gasteiger partial charge in [-0.1, -0.05) is 25.0 Å². The van der Waals surface area contributed by atoms with Crippen LogP contribution >= 0.6 is 0 Å².